The first kappa shape index (κ1) is 13.8. The molecular formula is C12H14O6. The van der Waals surface area contributed by atoms with Gasteiger partial charge in [0.15, 0.2) is 0 Å². The normalized spacial score (nSPS) is 10.8. The van der Waals surface area contributed by atoms with E-state index in [9.17, 15) is 9.59 Å². The molecule has 98 valence electrons. The van der Waals surface area contributed by atoms with Crippen LogP contribution in [0.3, 0.4) is 0 Å². The minimum Gasteiger partial charge on any atom is -0.449 e. The standard InChI is InChI=1S/C12H14O6/c1-12(2,3)7-4-8(17-10(13)14)6-9(5-7)18-11(15)16/h4-6H,1-3H3,(H,13,14)(H,15,16). The molecule has 0 heterocycles. The number of benzene rings is 1. The summed E-state index contributed by atoms with van der Waals surface area (Å²) in [5, 5.41) is 17.1. The first-order chi connectivity index (χ1) is 8.18. The van der Waals surface area contributed by atoms with Gasteiger partial charge in [0.2, 0.25) is 0 Å². The van der Waals surface area contributed by atoms with E-state index in [-0.39, 0.29) is 16.9 Å². The molecule has 0 aliphatic heterocycles. The van der Waals surface area contributed by atoms with Crippen LogP contribution in [0.5, 0.6) is 11.5 Å². The molecule has 0 saturated heterocycles. The third-order valence-electron chi connectivity index (χ3n) is 2.16. The van der Waals surface area contributed by atoms with Gasteiger partial charge in [0.1, 0.15) is 11.5 Å². The van der Waals surface area contributed by atoms with Crippen molar-refractivity contribution >= 4 is 12.3 Å². The Kier molecular flexibility index (Phi) is 3.80. The summed E-state index contributed by atoms with van der Waals surface area (Å²) in [5.74, 6) is 0.0392. The van der Waals surface area contributed by atoms with Gasteiger partial charge in [-0.05, 0) is 23.1 Å². The molecule has 0 aliphatic rings. The molecular weight excluding hydrogens is 240 g/mol. The van der Waals surface area contributed by atoms with E-state index < -0.39 is 12.3 Å². The van der Waals surface area contributed by atoms with Crippen LogP contribution in [-0.4, -0.2) is 22.5 Å². The van der Waals surface area contributed by atoms with Gasteiger partial charge >= 0.3 is 12.3 Å². The summed E-state index contributed by atoms with van der Waals surface area (Å²) in [7, 11) is 0. The van der Waals surface area contributed by atoms with Crippen LogP contribution in [0.1, 0.15) is 26.3 Å². The van der Waals surface area contributed by atoms with Crippen LogP contribution in [0.25, 0.3) is 0 Å². The summed E-state index contributed by atoms with van der Waals surface area (Å²) >= 11 is 0. The quantitative estimate of drug-likeness (QED) is 0.622. The minimum atomic E-state index is -1.47. The van der Waals surface area contributed by atoms with Gasteiger partial charge in [-0.25, -0.2) is 9.59 Å². The highest BCUT2D eigenvalue weighted by Gasteiger charge is 2.18. The van der Waals surface area contributed by atoms with Gasteiger partial charge in [0, 0.05) is 6.07 Å². The van der Waals surface area contributed by atoms with Gasteiger partial charge in [0.05, 0.1) is 0 Å². The number of carboxylic acid groups (broad SMARTS) is 2. The van der Waals surface area contributed by atoms with Gasteiger partial charge < -0.3 is 19.7 Å². The molecule has 2 N–H and O–H groups in total. The first-order valence-electron chi connectivity index (χ1n) is 5.15. The van der Waals surface area contributed by atoms with Crippen molar-refractivity contribution in [3.05, 3.63) is 23.8 Å². The Morgan fingerprint density at radius 2 is 1.33 bits per heavy atom. The van der Waals surface area contributed by atoms with Crippen LogP contribution in [0.15, 0.2) is 18.2 Å². The zero-order chi connectivity index (χ0) is 13.9. The fraction of sp³-hybridized carbons (Fsp3) is 0.333. The number of hydrogen-bond acceptors (Lipinski definition) is 4. The van der Waals surface area contributed by atoms with E-state index in [1.807, 2.05) is 20.8 Å². The maximum Gasteiger partial charge on any atom is 0.511 e. The number of rotatable bonds is 2. The second-order valence-electron chi connectivity index (χ2n) is 4.68. The van der Waals surface area contributed by atoms with E-state index in [4.69, 9.17) is 10.2 Å². The summed E-state index contributed by atoms with van der Waals surface area (Å²) in [4.78, 5) is 21.0. The predicted octanol–water partition coefficient (Wildman–Crippen LogP) is 3.10. The van der Waals surface area contributed by atoms with E-state index in [1.165, 1.54) is 18.2 Å². The van der Waals surface area contributed by atoms with Crippen molar-refractivity contribution in [2.75, 3.05) is 0 Å². The van der Waals surface area contributed by atoms with E-state index >= 15 is 0 Å². The Hall–Kier alpha value is -2.24. The molecule has 0 fully saturated rings. The zero-order valence-corrected chi connectivity index (χ0v) is 10.3. The molecule has 0 unspecified atom stereocenters. The van der Waals surface area contributed by atoms with Crippen molar-refractivity contribution in [3.63, 3.8) is 0 Å². The SMILES string of the molecule is CC(C)(C)c1cc(OC(=O)O)cc(OC(=O)O)c1. The molecule has 1 rings (SSSR count). The molecule has 0 spiro atoms. The average Bonchev–Trinajstić information content (AvgIpc) is 2.13. The van der Waals surface area contributed by atoms with Crippen LogP contribution in [0.2, 0.25) is 0 Å². The highest BCUT2D eigenvalue weighted by Crippen LogP contribution is 2.31. The topological polar surface area (TPSA) is 93.1 Å². The first-order valence-corrected chi connectivity index (χ1v) is 5.15. The van der Waals surface area contributed by atoms with Crippen LogP contribution in [0, 0.1) is 0 Å². The minimum absolute atomic E-state index is 0.0196. The number of carbonyl (C=O) groups is 2. The van der Waals surface area contributed by atoms with Crippen molar-refractivity contribution in [2.45, 2.75) is 26.2 Å². The van der Waals surface area contributed by atoms with Gasteiger partial charge in [-0.15, -0.1) is 0 Å². The van der Waals surface area contributed by atoms with Crippen molar-refractivity contribution in [1.82, 2.24) is 0 Å². The van der Waals surface area contributed by atoms with Crippen molar-refractivity contribution in [2.24, 2.45) is 0 Å². The Labute approximate surface area is 104 Å². The number of ether oxygens (including phenoxy) is 2. The monoisotopic (exact) mass is 254 g/mol. The molecule has 0 saturated carbocycles. The van der Waals surface area contributed by atoms with Crippen molar-refractivity contribution < 1.29 is 29.3 Å². The molecule has 6 nitrogen and oxygen atoms in total. The highest BCUT2D eigenvalue weighted by molar-refractivity contribution is 5.64. The summed E-state index contributed by atoms with van der Waals surface area (Å²) in [5.41, 5.74) is 0.409. The van der Waals surface area contributed by atoms with Crippen LogP contribution < -0.4 is 9.47 Å². The molecule has 0 radical (unpaired) electrons. The van der Waals surface area contributed by atoms with Gasteiger partial charge in [-0.1, -0.05) is 20.8 Å². The lowest BCUT2D eigenvalue weighted by molar-refractivity contribution is 0.143. The lowest BCUT2D eigenvalue weighted by atomic mass is 9.87. The molecule has 1 aromatic carbocycles. The fourth-order valence-electron chi connectivity index (χ4n) is 1.32. The lowest BCUT2D eigenvalue weighted by Crippen LogP contribution is -2.13. The van der Waals surface area contributed by atoms with Crippen LogP contribution >= 0.6 is 0 Å². The van der Waals surface area contributed by atoms with Crippen LogP contribution in [-0.2, 0) is 5.41 Å². The Morgan fingerprint density at radius 3 is 1.61 bits per heavy atom. The van der Waals surface area contributed by atoms with E-state index in [1.54, 1.807) is 0 Å². The maximum absolute atomic E-state index is 10.5. The third-order valence-corrected chi connectivity index (χ3v) is 2.16. The summed E-state index contributed by atoms with van der Waals surface area (Å²) in [6, 6.07) is 4.27. The molecule has 0 atom stereocenters. The average molecular weight is 254 g/mol. The fourth-order valence-corrected chi connectivity index (χ4v) is 1.32. The Balaban J connectivity index is 3.19. The lowest BCUT2D eigenvalue weighted by Gasteiger charge is -2.20. The predicted molar refractivity (Wildman–Crippen MR) is 62.4 cm³/mol. The van der Waals surface area contributed by atoms with Gasteiger partial charge in [0.25, 0.3) is 0 Å². The molecule has 0 amide bonds. The van der Waals surface area contributed by atoms with E-state index in [0.29, 0.717) is 5.56 Å². The van der Waals surface area contributed by atoms with E-state index in [2.05, 4.69) is 9.47 Å². The van der Waals surface area contributed by atoms with E-state index in [0.717, 1.165) is 0 Å². The Morgan fingerprint density at radius 1 is 0.944 bits per heavy atom. The summed E-state index contributed by atoms with van der Waals surface area (Å²) in [6.07, 6.45) is -2.94. The van der Waals surface area contributed by atoms with Crippen molar-refractivity contribution in [1.29, 1.82) is 0 Å². The molecule has 6 heteroatoms. The molecule has 18 heavy (non-hydrogen) atoms. The summed E-state index contributed by atoms with van der Waals surface area (Å²) in [6.45, 7) is 5.70. The maximum atomic E-state index is 10.5. The Bertz CT molecular complexity index is 438. The molecule has 0 bridgehead atoms. The second-order valence-corrected chi connectivity index (χ2v) is 4.68. The molecule has 0 aromatic heterocycles. The third kappa shape index (κ3) is 3.97. The molecule has 1 aromatic rings. The van der Waals surface area contributed by atoms with Crippen molar-refractivity contribution in [3.8, 4) is 11.5 Å². The number of hydrogen-bond donors (Lipinski definition) is 2. The summed E-state index contributed by atoms with van der Waals surface area (Å²) < 4.78 is 9.03. The molecule has 0 aliphatic carbocycles. The van der Waals surface area contributed by atoms with Gasteiger partial charge in [-0.3, -0.25) is 0 Å². The largest absolute Gasteiger partial charge is 0.511 e. The smallest absolute Gasteiger partial charge is 0.449 e. The second kappa shape index (κ2) is 4.95. The van der Waals surface area contributed by atoms with Gasteiger partial charge in [-0.2, -0.15) is 0 Å². The zero-order valence-electron chi connectivity index (χ0n) is 10.3. The van der Waals surface area contributed by atoms with Crippen LogP contribution in [0.4, 0.5) is 9.59 Å². The highest BCUT2D eigenvalue weighted by atomic mass is 16.7.